The first kappa shape index (κ1) is 7.49. The van der Waals surface area contributed by atoms with Gasteiger partial charge in [0.2, 0.25) is 0 Å². The zero-order valence-electron chi connectivity index (χ0n) is 6.71. The van der Waals surface area contributed by atoms with Gasteiger partial charge in [0.05, 0.1) is 0 Å². The summed E-state index contributed by atoms with van der Waals surface area (Å²) in [6.07, 6.45) is 3.68. The van der Waals surface area contributed by atoms with Crippen molar-refractivity contribution in [1.82, 2.24) is 9.97 Å². The fourth-order valence-electron chi connectivity index (χ4n) is 1.71. The van der Waals surface area contributed by atoms with Crippen LogP contribution in [-0.2, 0) is 6.42 Å². The van der Waals surface area contributed by atoms with Gasteiger partial charge in [0.15, 0.2) is 0 Å². The van der Waals surface area contributed by atoms with Gasteiger partial charge in [-0.1, -0.05) is 0 Å². The highest BCUT2D eigenvalue weighted by Crippen LogP contribution is 2.28. The predicted octanol–water partition coefficient (Wildman–Crippen LogP) is -0.242. The molecule has 1 aromatic heterocycles. The molecule has 64 valence electrons. The molecule has 1 aliphatic rings. The van der Waals surface area contributed by atoms with E-state index in [4.69, 9.17) is 5.73 Å². The Morgan fingerprint density at radius 1 is 1.75 bits per heavy atom. The molecule has 1 heterocycles. The SMILES string of the molecule is NCC1CCc2cnc(=O)[nH]c21. The Labute approximate surface area is 69.8 Å². The van der Waals surface area contributed by atoms with Crippen LogP contribution in [0.15, 0.2) is 11.0 Å². The summed E-state index contributed by atoms with van der Waals surface area (Å²) in [6, 6.07) is 0. The maximum absolute atomic E-state index is 10.9. The minimum Gasteiger partial charge on any atom is -0.330 e. The zero-order valence-corrected chi connectivity index (χ0v) is 6.71. The summed E-state index contributed by atoms with van der Waals surface area (Å²) in [4.78, 5) is 17.3. The number of H-pyrrole nitrogens is 1. The van der Waals surface area contributed by atoms with Gasteiger partial charge in [0, 0.05) is 24.4 Å². The van der Waals surface area contributed by atoms with E-state index in [2.05, 4.69) is 9.97 Å². The monoisotopic (exact) mass is 165 g/mol. The molecule has 0 spiro atoms. The van der Waals surface area contributed by atoms with Gasteiger partial charge >= 0.3 is 5.69 Å². The van der Waals surface area contributed by atoms with Gasteiger partial charge in [-0.05, 0) is 18.4 Å². The lowest BCUT2D eigenvalue weighted by molar-refractivity contribution is 0.671. The molecular formula is C8H11N3O. The second-order valence-electron chi connectivity index (χ2n) is 3.10. The summed E-state index contributed by atoms with van der Waals surface area (Å²) in [5.74, 6) is 0.329. The number of fused-ring (bicyclic) bond motifs is 1. The molecule has 12 heavy (non-hydrogen) atoms. The Kier molecular flexibility index (Phi) is 1.69. The third-order valence-corrected chi connectivity index (χ3v) is 2.38. The van der Waals surface area contributed by atoms with E-state index in [9.17, 15) is 4.79 Å². The normalized spacial score (nSPS) is 20.9. The quantitative estimate of drug-likeness (QED) is 0.603. The van der Waals surface area contributed by atoms with Crippen molar-refractivity contribution >= 4 is 0 Å². The zero-order chi connectivity index (χ0) is 8.55. The number of nitrogens with two attached hydrogens (primary N) is 1. The maximum Gasteiger partial charge on any atom is 0.345 e. The van der Waals surface area contributed by atoms with E-state index < -0.39 is 0 Å². The summed E-state index contributed by atoms with van der Waals surface area (Å²) in [5, 5.41) is 0. The third kappa shape index (κ3) is 1.04. The number of nitrogens with one attached hydrogen (secondary N) is 1. The predicted molar refractivity (Wildman–Crippen MR) is 45.0 cm³/mol. The van der Waals surface area contributed by atoms with Crippen LogP contribution in [-0.4, -0.2) is 16.5 Å². The van der Waals surface area contributed by atoms with Crippen LogP contribution in [0.2, 0.25) is 0 Å². The summed E-state index contributed by atoms with van der Waals surface area (Å²) in [6.45, 7) is 0.604. The number of aromatic amines is 1. The molecule has 1 aliphatic carbocycles. The standard InChI is InChI=1S/C8H11N3O/c9-3-5-1-2-6-4-10-8(12)11-7(5)6/h4-5H,1-3,9H2,(H,10,11,12). The van der Waals surface area contributed by atoms with Crippen LogP contribution < -0.4 is 11.4 Å². The molecule has 2 rings (SSSR count). The minimum absolute atomic E-state index is 0.269. The molecule has 0 radical (unpaired) electrons. The van der Waals surface area contributed by atoms with E-state index >= 15 is 0 Å². The number of nitrogens with zero attached hydrogens (tertiary/aromatic N) is 1. The lowest BCUT2D eigenvalue weighted by Gasteiger charge is -2.05. The fraction of sp³-hybridized carbons (Fsp3) is 0.500. The molecule has 0 fully saturated rings. The van der Waals surface area contributed by atoms with Crippen LogP contribution in [0.1, 0.15) is 23.6 Å². The lowest BCUT2D eigenvalue weighted by atomic mass is 10.1. The highest BCUT2D eigenvalue weighted by atomic mass is 16.1. The number of aryl methyl sites for hydroxylation is 1. The van der Waals surface area contributed by atoms with E-state index in [1.807, 2.05) is 0 Å². The van der Waals surface area contributed by atoms with Crippen molar-refractivity contribution in [3.63, 3.8) is 0 Å². The van der Waals surface area contributed by atoms with Gasteiger partial charge < -0.3 is 10.7 Å². The van der Waals surface area contributed by atoms with Crippen molar-refractivity contribution in [3.8, 4) is 0 Å². The first-order chi connectivity index (χ1) is 5.81. The highest BCUT2D eigenvalue weighted by molar-refractivity contribution is 5.26. The van der Waals surface area contributed by atoms with Crippen molar-refractivity contribution in [2.24, 2.45) is 5.73 Å². The minimum atomic E-state index is -0.269. The smallest absolute Gasteiger partial charge is 0.330 e. The Balaban J connectivity index is 2.49. The number of aromatic nitrogens is 2. The van der Waals surface area contributed by atoms with Crippen LogP contribution in [0.5, 0.6) is 0 Å². The number of hydrogen-bond donors (Lipinski definition) is 2. The highest BCUT2D eigenvalue weighted by Gasteiger charge is 2.21. The molecule has 0 saturated heterocycles. The van der Waals surface area contributed by atoms with Crippen molar-refractivity contribution in [2.45, 2.75) is 18.8 Å². The summed E-state index contributed by atoms with van der Waals surface area (Å²) < 4.78 is 0. The van der Waals surface area contributed by atoms with E-state index in [0.29, 0.717) is 12.5 Å². The van der Waals surface area contributed by atoms with E-state index in [1.165, 1.54) is 0 Å². The maximum atomic E-state index is 10.9. The second kappa shape index (κ2) is 2.71. The van der Waals surface area contributed by atoms with Crippen LogP contribution in [0, 0.1) is 0 Å². The molecule has 0 amide bonds. The van der Waals surface area contributed by atoms with Gasteiger partial charge in [0.25, 0.3) is 0 Å². The molecular weight excluding hydrogens is 154 g/mol. The molecule has 1 unspecified atom stereocenters. The molecule has 1 aromatic rings. The van der Waals surface area contributed by atoms with Crippen molar-refractivity contribution in [3.05, 3.63) is 27.9 Å². The second-order valence-corrected chi connectivity index (χ2v) is 3.10. The first-order valence-electron chi connectivity index (χ1n) is 4.09. The molecule has 4 heteroatoms. The van der Waals surface area contributed by atoms with Crippen LogP contribution in [0.4, 0.5) is 0 Å². The van der Waals surface area contributed by atoms with Gasteiger partial charge in [-0.25, -0.2) is 9.78 Å². The summed E-state index contributed by atoms with van der Waals surface area (Å²) in [7, 11) is 0. The number of hydrogen-bond acceptors (Lipinski definition) is 3. The van der Waals surface area contributed by atoms with Crippen molar-refractivity contribution in [2.75, 3.05) is 6.54 Å². The van der Waals surface area contributed by atoms with Gasteiger partial charge in [-0.3, -0.25) is 0 Å². The molecule has 3 N–H and O–H groups in total. The Bertz CT molecular complexity index is 344. The molecule has 0 bridgehead atoms. The molecule has 0 aromatic carbocycles. The average molecular weight is 165 g/mol. The summed E-state index contributed by atoms with van der Waals surface area (Å²) >= 11 is 0. The molecule has 4 nitrogen and oxygen atoms in total. The first-order valence-corrected chi connectivity index (χ1v) is 4.09. The largest absolute Gasteiger partial charge is 0.345 e. The van der Waals surface area contributed by atoms with Gasteiger partial charge in [-0.15, -0.1) is 0 Å². The van der Waals surface area contributed by atoms with Crippen LogP contribution >= 0.6 is 0 Å². The van der Waals surface area contributed by atoms with Crippen LogP contribution in [0.25, 0.3) is 0 Å². The van der Waals surface area contributed by atoms with E-state index in [-0.39, 0.29) is 5.69 Å². The van der Waals surface area contributed by atoms with Crippen molar-refractivity contribution < 1.29 is 0 Å². The lowest BCUT2D eigenvalue weighted by Crippen LogP contribution is -2.17. The molecule has 1 atom stereocenters. The molecule has 0 saturated carbocycles. The Hall–Kier alpha value is -1.16. The van der Waals surface area contributed by atoms with Gasteiger partial charge in [-0.2, -0.15) is 0 Å². The Morgan fingerprint density at radius 2 is 2.58 bits per heavy atom. The average Bonchev–Trinajstić information content (AvgIpc) is 2.46. The Morgan fingerprint density at radius 3 is 3.33 bits per heavy atom. The van der Waals surface area contributed by atoms with E-state index in [1.54, 1.807) is 6.20 Å². The van der Waals surface area contributed by atoms with Gasteiger partial charge in [0.1, 0.15) is 0 Å². The third-order valence-electron chi connectivity index (χ3n) is 2.38. The van der Waals surface area contributed by atoms with Crippen LogP contribution in [0.3, 0.4) is 0 Å². The number of rotatable bonds is 1. The van der Waals surface area contributed by atoms with Crippen molar-refractivity contribution in [1.29, 1.82) is 0 Å². The van der Waals surface area contributed by atoms with E-state index in [0.717, 1.165) is 24.1 Å². The fourth-order valence-corrected chi connectivity index (χ4v) is 1.71. The molecule has 0 aliphatic heterocycles. The topological polar surface area (TPSA) is 71.8 Å². The summed E-state index contributed by atoms with van der Waals surface area (Å²) in [5.41, 5.74) is 7.43.